The van der Waals surface area contributed by atoms with Gasteiger partial charge in [-0.25, -0.2) is 9.59 Å². The van der Waals surface area contributed by atoms with Crippen LogP contribution in [0.15, 0.2) is 15.8 Å². The van der Waals surface area contributed by atoms with Gasteiger partial charge in [0.1, 0.15) is 18.0 Å². The summed E-state index contributed by atoms with van der Waals surface area (Å²) < 4.78 is 11.5. The van der Waals surface area contributed by atoms with Gasteiger partial charge >= 0.3 is 11.7 Å². The lowest BCUT2D eigenvalue weighted by Gasteiger charge is -2.14. The van der Waals surface area contributed by atoms with Crippen molar-refractivity contribution in [3.05, 3.63) is 32.6 Å². The van der Waals surface area contributed by atoms with Crippen LogP contribution in [0.1, 0.15) is 23.0 Å². The van der Waals surface area contributed by atoms with Crippen LogP contribution < -0.4 is 11.2 Å². The van der Waals surface area contributed by atoms with Gasteiger partial charge in [0.25, 0.3) is 5.56 Å². The molecule has 0 bridgehead atoms. The molecule has 0 amide bonds. The summed E-state index contributed by atoms with van der Waals surface area (Å²) in [5.74, 6) is -0.747. The van der Waals surface area contributed by atoms with E-state index in [4.69, 9.17) is 9.84 Å². The average Bonchev–Trinajstić information content (AvgIpc) is 3.06. The first-order valence-corrected chi connectivity index (χ1v) is 6.86. The molecule has 4 N–H and O–H groups in total. The fraction of sp³-hybridized carbons (Fsp3) is 0.462. The van der Waals surface area contributed by atoms with Gasteiger partial charge in [-0.15, -0.1) is 0 Å². The van der Waals surface area contributed by atoms with E-state index in [1.54, 1.807) is 0 Å². The largest absolute Gasteiger partial charge is 0.465 e. The van der Waals surface area contributed by atoms with E-state index < -0.39 is 35.7 Å². The highest BCUT2D eigenvalue weighted by Gasteiger charge is 2.36. The number of rotatable bonds is 3. The highest BCUT2D eigenvalue weighted by molar-refractivity contribution is 6.02. The van der Waals surface area contributed by atoms with E-state index in [2.05, 4.69) is 9.72 Å². The second kappa shape index (κ2) is 5.65. The number of aromatic nitrogens is 3. The number of hydrogen-bond acceptors (Lipinski definition) is 7. The molecule has 10 nitrogen and oxygen atoms in total. The maximum Gasteiger partial charge on any atom is 0.340 e. The highest BCUT2D eigenvalue weighted by atomic mass is 16.5. The standard InChI is InChI=1S/C13H15N3O7/c1-22-12(20)5-3-16(8-2-6(18)7(4-17)23-8)10-9(5)11(19)15-13(21)14-10/h3,6-8,17-18H,2,4H2,1H3,(H2,14,15,19,21)/t6-,7+,8+/m0/s1. The molecule has 124 valence electrons. The first kappa shape index (κ1) is 15.5. The molecule has 3 heterocycles. The van der Waals surface area contributed by atoms with Crippen LogP contribution in [0.3, 0.4) is 0 Å². The van der Waals surface area contributed by atoms with E-state index in [-0.39, 0.29) is 29.6 Å². The Bertz CT molecular complexity index is 865. The molecule has 0 radical (unpaired) electrons. The highest BCUT2D eigenvalue weighted by Crippen LogP contribution is 2.31. The molecule has 0 aromatic carbocycles. The zero-order valence-electron chi connectivity index (χ0n) is 12.1. The van der Waals surface area contributed by atoms with Gasteiger partial charge in [0.2, 0.25) is 0 Å². The monoisotopic (exact) mass is 325 g/mol. The molecule has 10 heteroatoms. The van der Waals surface area contributed by atoms with Gasteiger partial charge in [0.15, 0.2) is 0 Å². The molecule has 0 spiro atoms. The van der Waals surface area contributed by atoms with Crippen molar-refractivity contribution in [3.63, 3.8) is 0 Å². The Morgan fingerprint density at radius 2 is 2.22 bits per heavy atom. The second-order valence-electron chi connectivity index (χ2n) is 5.19. The van der Waals surface area contributed by atoms with Gasteiger partial charge in [-0.3, -0.25) is 14.8 Å². The van der Waals surface area contributed by atoms with Crippen LogP contribution in [0.4, 0.5) is 0 Å². The Morgan fingerprint density at radius 3 is 2.83 bits per heavy atom. The van der Waals surface area contributed by atoms with Crippen molar-refractivity contribution in [2.75, 3.05) is 13.7 Å². The third kappa shape index (κ3) is 2.46. The van der Waals surface area contributed by atoms with Crippen LogP contribution in [0.25, 0.3) is 11.0 Å². The topological polar surface area (TPSA) is 147 Å². The molecule has 1 fully saturated rings. The molecule has 3 rings (SSSR count). The second-order valence-corrected chi connectivity index (χ2v) is 5.19. The third-order valence-electron chi connectivity index (χ3n) is 3.82. The Balaban J connectivity index is 2.20. The lowest BCUT2D eigenvalue weighted by molar-refractivity contribution is -0.0431. The zero-order chi connectivity index (χ0) is 16.7. The maximum absolute atomic E-state index is 12.0. The van der Waals surface area contributed by atoms with Gasteiger partial charge in [-0.1, -0.05) is 0 Å². The van der Waals surface area contributed by atoms with Crippen molar-refractivity contribution in [1.29, 1.82) is 0 Å². The third-order valence-corrected chi connectivity index (χ3v) is 3.82. The van der Waals surface area contributed by atoms with Crippen LogP contribution in [-0.4, -0.2) is 56.6 Å². The Morgan fingerprint density at radius 1 is 1.48 bits per heavy atom. The van der Waals surface area contributed by atoms with Gasteiger partial charge < -0.3 is 24.3 Å². The number of nitrogens with one attached hydrogen (secondary N) is 2. The van der Waals surface area contributed by atoms with Crippen molar-refractivity contribution in [1.82, 2.24) is 14.5 Å². The molecule has 0 saturated carbocycles. The number of nitrogens with zero attached hydrogens (tertiary/aromatic N) is 1. The fourth-order valence-corrected chi connectivity index (χ4v) is 2.73. The summed E-state index contributed by atoms with van der Waals surface area (Å²) in [6.45, 7) is -0.377. The molecule has 2 aromatic rings. The normalized spacial score (nSPS) is 24.2. The molecule has 1 aliphatic heterocycles. The van der Waals surface area contributed by atoms with Gasteiger partial charge in [0, 0.05) is 12.6 Å². The lowest BCUT2D eigenvalue weighted by atomic mass is 10.2. The number of H-pyrrole nitrogens is 2. The van der Waals surface area contributed by atoms with Crippen LogP contribution in [0.2, 0.25) is 0 Å². The van der Waals surface area contributed by atoms with Crippen LogP contribution >= 0.6 is 0 Å². The number of carbonyl (C=O) groups excluding carboxylic acids is 1. The number of aromatic amines is 2. The Kier molecular flexibility index (Phi) is 3.80. The van der Waals surface area contributed by atoms with E-state index in [1.165, 1.54) is 17.9 Å². The summed E-state index contributed by atoms with van der Waals surface area (Å²) in [6, 6.07) is 0. The first-order valence-electron chi connectivity index (χ1n) is 6.86. The smallest absolute Gasteiger partial charge is 0.340 e. The van der Waals surface area contributed by atoms with E-state index in [0.29, 0.717) is 0 Å². The van der Waals surface area contributed by atoms with Crippen LogP contribution in [0.5, 0.6) is 0 Å². The SMILES string of the molecule is COC(=O)c1cn([C@H]2C[C@H](O)[C@@H](CO)O2)c2[nH]c(=O)[nH]c(=O)c12. The zero-order valence-corrected chi connectivity index (χ0v) is 12.1. The van der Waals surface area contributed by atoms with Crippen LogP contribution in [-0.2, 0) is 9.47 Å². The molecule has 1 saturated heterocycles. The molecule has 1 aliphatic rings. The summed E-state index contributed by atoms with van der Waals surface area (Å²) >= 11 is 0. The van der Waals surface area contributed by atoms with Gasteiger partial charge in [-0.2, -0.15) is 0 Å². The molecule has 0 unspecified atom stereocenters. The molecule has 0 aliphatic carbocycles. The van der Waals surface area contributed by atoms with Crippen molar-refractivity contribution in [2.45, 2.75) is 24.9 Å². The van der Waals surface area contributed by atoms with Gasteiger partial charge in [-0.05, 0) is 0 Å². The van der Waals surface area contributed by atoms with E-state index >= 15 is 0 Å². The Labute approximate surface area is 128 Å². The Hall–Kier alpha value is -2.43. The summed E-state index contributed by atoms with van der Waals surface area (Å²) in [5, 5.41) is 18.9. The minimum absolute atomic E-state index is 0.0365. The molecular weight excluding hydrogens is 310 g/mol. The number of fused-ring (bicyclic) bond motifs is 1. The number of aliphatic hydroxyl groups excluding tert-OH is 2. The fourth-order valence-electron chi connectivity index (χ4n) is 2.73. The molecule has 2 aromatic heterocycles. The van der Waals surface area contributed by atoms with Crippen LogP contribution in [0, 0.1) is 0 Å². The molecule has 23 heavy (non-hydrogen) atoms. The summed E-state index contributed by atoms with van der Waals surface area (Å²) in [5.41, 5.74) is -1.43. The summed E-state index contributed by atoms with van der Waals surface area (Å²) in [6.07, 6.45) is -0.991. The van der Waals surface area contributed by atoms with E-state index in [0.717, 1.165) is 0 Å². The van der Waals surface area contributed by atoms with Crippen molar-refractivity contribution < 1.29 is 24.5 Å². The predicted molar refractivity (Wildman–Crippen MR) is 76.1 cm³/mol. The average molecular weight is 325 g/mol. The lowest BCUT2D eigenvalue weighted by Crippen LogP contribution is -2.24. The van der Waals surface area contributed by atoms with E-state index in [9.17, 15) is 19.5 Å². The summed E-state index contributed by atoms with van der Waals surface area (Å²) in [7, 11) is 1.17. The van der Waals surface area contributed by atoms with Crippen molar-refractivity contribution >= 4 is 17.0 Å². The number of ether oxygens (including phenoxy) is 2. The number of aliphatic hydroxyl groups is 2. The molecular formula is C13H15N3O7. The quantitative estimate of drug-likeness (QED) is 0.499. The first-order chi connectivity index (χ1) is 11.0. The van der Waals surface area contributed by atoms with Crippen molar-refractivity contribution in [3.8, 4) is 0 Å². The number of hydrogen-bond donors (Lipinski definition) is 4. The summed E-state index contributed by atoms with van der Waals surface area (Å²) in [4.78, 5) is 39.9. The van der Waals surface area contributed by atoms with E-state index in [1.807, 2.05) is 4.98 Å². The minimum atomic E-state index is -0.905. The van der Waals surface area contributed by atoms with Gasteiger partial charge in [0.05, 0.1) is 30.8 Å². The number of carbonyl (C=O) groups is 1. The number of esters is 1. The number of methoxy groups -OCH3 is 1. The minimum Gasteiger partial charge on any atom is -0.465 e. The van der Waals surface area contributed by atoms with Crippen molar-refractivity contribution in [2.24, 2.45) is 0 Å². The molecule has 3 atom stereocenters. The predicted octanol–water partition coefficient (Wildman–Crippen LogP) is -1.55. The maximum atomic E-state index is 12.0.